The molecular formula is C18H25N5O2. The van der Waals surface area contributed by atoms with Crippen LogP contribution in [0.2, 0.25) is 0 Å². The molecule has 1 aromatic heterocycles. The highest BCUT2D eigenvalue weighted by molar-refractivity contribution is 6.39. The van der Waals surface area contributed by atoms with E-state index in [0.29, 0.717) is 12.4 Å². The summed E-state index contributed by atoms with van der Waals surface area (Å²) in [6, 6.07) is 9.56. The SMILES string of the molecule is CCc1cc(NC(=O)C(=O)NCc2ccccc2N(C)CC)n(C)n1. The van der Waals surface area contributed by atoms with Crippen LogP contribution in [0.5, 0.6) is 0 Å². The second-order valence-electron chi connectivity index (χ2n) is 5.78. The molecule has 2 N–H and O–H groups in total. The number of benzene rings is 1. The van der Waals surface area contributed by atoms with Gasteiger partial charge >= 0.3 is 11.8 Å². The Labute approximate surface area is 148 Å². The monoisotopic (exact) mass is 343 g/mol. The number of amides is 2. The molecule has 2 amide bonds. The molecule has 0 aliphatic carbocycles. The number of rotatable bonds is 6. The maximum atomic E-state index is 12.1. The van der Waals surface area contributed by atoms with Gasteiger partial charge in [0.05, 0.1) is 5.69 Å². The lowest BCUT2D eigenvalue weighted by atomic mass is 10.1. The maximum Gasteiger partial charge on any atom is 0.314 e. The summed E-state index contributed by atoms with van der Waals surface area (Å²) < 4.78 is 1.55. The van der Waals surface area contributed by atoms with E-state index in [1.165, 1.54) is 0 Å². The summed E-state index contributed by atoms with van der Waals surface area (Å²) in [4.78, 5) is 26.3. The second-order valence-corrected chi connectivity index (χ2v) is 5.78. The molecule has 0 aliphatic heterocycles. The topological polar surface area (TPSA) is 79.3 Å². The Balaban J connectivity index is 1.98. The molecule has 2 rings (SSSR count). The van der Waals surface area contributed by atoms with Gasteiger partial charge in [0, 0.05) is 38.9 Å². The van der Waals surface area contributed by atoms with Gasteiger partial charge < -0.3 is 15.5 Å². The van der Waals surface area contributed by atoms with Crippen molar-refractivity contribution in [3.05, 3.63) is 41.6 Å². The lowest BCUT2D eigenvalue weighted by molar-refractivity contribution is -0.136. The number of para-hydroxylation sites is 1. The fraction of sp³-hybridized carbons (Fsp3) is 0.389. The molecule has 1 aromatic carbocycles. The fourth-order valence-electron chi connectivity index (χ4n) is 2.45. The van der Waals surface area contributed by atoms with Crippen LogP contribution in [0, 0.1) is 0 Å². The third-order valence-corrected chi connectivity index (χ3v) is 4.06. The van der Waals surface area contributed by atoms with Gasteiger partial charge in [0.2, 0.25) is 0 Å². The smallest absolute Gasteiger partial charge is 0.314 e. The largest absolute Gasteiger partial charge is 0.375 e. The van der Waals surface area contributed by atoms with Crippen molar-refractivity contribution in [2.24, 2.45) is 7.05 Å². The molecule has 7 heteroatoms. The first-order valence-corrected chi connectivity index (χ1v) is 8.37. The van der Waals surface area contributed by atoms with Crippen molar-refractivity contribution in [2.45, 2.75) is 26.8 Å². The predicted molar refractivity (Wildman–Crippen MR) is 98.4 cm³/mol. The van der Waals surface area contributed by atoms with Crippen molar-refractivity contribution in [1.29, 1.82) is 0 Å². The number of aryl methyl sites for hydroxylation is 2. The zero-order valence-corrected chi connectivity index (χ0v) is 15.2. The van der Waals surface area contributed by atoms with Crippen molar-refractivity contribution in [3.8, 4) is 0 Å². The third kappa shape index (κ3) is 4.59. The molecule has 25 heavy (non-hydrogen) atoms. The molecule has 0 radical (unpaired) electrons. The van der Waals surface area contributed by atoms with Gasteiger partial charge in [0.25, 0.3) is 0 Å². The van der Waals surface area contributed by atoms with E-state index in [1.807, 2.05) is 38.2 Å². The van der Waals surface area contributed by atoms with Crippen LogP contribution in [0.15, 0.2) is 30.3 Å². The zero-order valence-electron chi connectivity index (χ0n) is 15.2. The Morgan fingerprint density at radius 1 is 1.20 bits per heavy atom. The molecule has 0 saturated carbocycles. The van der Waals surface area contributed by atoms with Gasteiger partial charge in [-0.3, -0.25) is 14.3 Å². The number of aromatic nitrogens is 2. The highest BCUT2D eigenvalue weighted by Gasteiger charge is 2.16. The second kappa shape index (κ2) is 8.32. The van der Waals surface area contributed by atoms with E-state index in [4.69, 9.17) is 0 Å². The minimum atomic E-state index is -0.702. The summed E-state index contributed by atoms with van der Waals surface area (Å²) in [5, 5.41) is 9.50. The van der Waals surface area contributed by atoms with Crippen LogP contribution in [-0.4, -0.2) is 35.2 Å². The number of hydrogen-bond donors (Lipinski definition) is 2. The molecule has 0 aliphatic rings. The highest BCUT2D eigenvalue weighted by atomic mass is 16.2. The first-order chi connectivity index (χ1) is 12.0. The Morgan fingerprint density at radius 3 is 2.56 bits per heavy atom. The molecule has 0 atom stereocenters. The van der Waals surface area contributed by atoms with Gasteiger partial charge in [-0.2, -0.15) is 5.10 Å². The van der Waals surface area contributed by atoms with Crippen LogP contribution in [0.3, 0.4) is 0 Å². The lowest BCUT2D eigenvalue weighted by Gasteiger charge is -2.20. The average Bonchev–Trinajstić information content (AvgIpc) is 2.98. The first kappa shape index (κ1) is 18.5. The molecule has 7 nitrogen and oxygen atoms in total. The van der Waals surface area contributed by atoms with E-state index in [2.05, 4.69) is 27.6 Å². The summed E-state index contributed by atoms with van der Waals surface area (Å²) in [5.41, 5.74) is 2.85. The Hall–Kier alpha value is -2.83. The van der Waals surface area contributed by atoms with Crippen LogP contribution in [0.1, 0.15) is 25.1 Å². The van der Waals surface area contributed by atoms with E-state index < -0.39 is 11.8 Å². The fourth-order valence-corrected chi connectivity index (χ4v) is 2.45. The summed E-state index contributed by atoms with van der Waals surface area (Å²) >= 11 is 0. The van der Waals surface area contributed by atoms with Crippen molar-refractivity contribution in [1.82, 2.24) is 15.1 Å². The Morgan fingerprint density at radius 2 is 1.92 bits per heavy atom. The summed E-state index contributed by atoms with van der Waals surface area (Å²) in [5.74, 6) is -0.872. The standard InChI is InChI=1S/C18H25N5O2/c1-5-14-11-16(23(4)21-14)20-18(25)17(24)19-12-13-9-7-8-10-15(13)22(3)6-2/h7-11H,5-6,12H2,1-4H3,(H,19,24)(H,20,25). The van der Waals surface area contributed by atoms with Crippen LogP contribution >= 0.6 is 0 Å². The zero-order chi connectivity index (χ0) is 18.4. The van der Waals surface area contributed by atoms with Gasteiger partial charge in [-0.05, 0) is 25.0 Å². The van der Waals surface area contributed by atoms with Crippen molar-refractivity contribution in [2.75, 3.05) is 23.8 Å². The van der Waals surface area contributed by atoms with E-state index in [1.54, 1.807) is 17.8 Å². The van der Waals surface area contributed by atoms with Gasteiger partial charge in [-0.1, -0.05) is 25.1 Å². The summed E-state index contributed by atoms with van der Waals surface area (Å²) in [6.07, 6.45) is 0.762. The molecule has 2 aromatic rings. The van der Waals surface area contributed by atoms with Crippen molar-refractivity contribution in [3.63, 3.8) is 0 Å². The number of carbonyl (C=O) groups is 2. The van der Waals surface area contributed by atoms with Crippen LogP contribution in [0.25, 0.3) is 0 Å². The number of hydrogen-bond acceptors (Lipinski definition) is 4. The molecule has 1 heterocycles. The van der Waals surface area contributed by atoms with E-state index >= 15 is 0 Å². The molecule has 0 spiro atoms. The predicted octanol–water partition coefficient (Wildman–Crippen LogP) is 1.69. The summed E-state index contributed by atoms with van der Waals surface area (Å²) in [7, 11) is 3.71. The maximum absolute atomic E-state index is 12.1. The van der Waals surface area contributed by atoms with Gasteiger partial charge in [-0.15, -0.1) is 0 Å². The van der Waals surface area contributed by atoms with Gasteiger partial charge in [0.15, 0.2) is 0 Å². The third-order valence-electron chi connectivity index (χ3n) is 4.06. The number of nitrogens with zero attached hydrogens (tertiary/aromatic N) is 3. The minimum Gasteiger partial charge on any atom is -0.375 e. The average molecular weight is 343 g/mol. The molecular weight excluding hydrogens is 318 g/mol. The first-order valence-electron chi connectivity index (χ1n) is 8.37. The van der Waals surface area contributed by atoms with E-state index in [9.17, 15) is 9.59 Å². The quantitative estimate of drug-likeness (QED) is 0.783. The molecule has 0 unspecified atom stereocenters. The number of nitrogens with one attached hydrogen (secondary N) is 2. The van der Waals surface area contributed by atoms with Crippen LogP contribution in [-0.2, 0) is 29.6 Å². The lowest BCUT2D eigenvalue weighted by Crippen LogP contribution is -2.35. The Kier molecular flexibility index (Phi) is 6.16. The van der Waals surface area contributed by atoms with Crippen LogP contribution < -0.4 is 15.5 Å². The normalized spacial score (nSPS) is 10.4. The molecule has 134 valence electrons. The minimum absolute atomic E-state index is 0.290. The highest BCUT2D eigenvalue weighted by Crippen LogP contribution is 2.18. The molecule has 0 bridgehead atoms. The van der Waals surface area contributed by atoms with Crippen molar-refractivity contribution < 1.29 is 9.59 Å². The Bertz CT molecular complexity index is 754. The molecule has 0 fully saturated rings. The van der Waals surface area contributed by atoms with Crippen molar-refractivity contribution >= 4 is 23.3 Å². The van der Waals surface area contributed by atoms with Gasteiger partial charge in [-0.25, -0.2) is 0 Å². The number of anilines is 2. The number of carbonyl (C=O) groups excluding carboxylic acids is 2. The van der Waals surface area contributed by atoms with Gasteiger partial charge in [0.1, 0.15) is 5.82 Å². The molecule has 0 saturated heterocycles. The van der Waals surface area contributed by atoms with Crippen LogP contribution in [0.4, 0.5) is 11.5 Å². The van der Waals surface area contributed by atoms with E-state index in [0.717, 1.165) is 29.9 Å². The summed E-state index contributed by atoms with van der Waals surface area (Å²) in [6.45, 7) is 5.18. The van der Waals surface area contributed by atoms with E-state index in [-0.39, 0.29) is 0 Å².